The highest BCUT2D eigenvalue weighted by Gasteiger charge is 2.25. The summed E-state index contributed by atoms with van der Waals surface area (Å²) in [7, 11) is 1.68. The highest BCUT2D eigenvalue weighted by atomic mass is 35.5. The van der Waals surface area contributed by atoms with Crippen molar-refractivity contribution in [2.75, 3.05) is 13.7 Å². The quantitative estimate of drug-likeness (QED) is 0.875. The van der Waals surface area contributed by atoms with E-state index in [9.17, 15) is 0 Å². The number of nitrogens with one attached hydrogen (secondary N) is 1. The summed E-state index contributed by atoms with van der Waals surface area (Å²) in [5.74, 6) is 1.27. The molecule has 0 saturated carbocycles. The highest BCUT2D eigenvalue weighted by molar-refractivity contribution is 6.36. The normalized spacial score (nSPS) is 18.9. The number of rotatable bonds is 2. The molecule has 0 saturated heterocycles. The number of nitrogens with two attached hydrogens (primary N) is 1. The van der Waals surface area contributed by atoms with Crippen molar-refractivity contribution in [2.24, 2.45) is 5.73 Å². The molecule has 0 fully saturated rings. The van der Waals surface area contributed by atoms with Crippen LogP contribution in [-0.4, -0.2) is 18.6 Å². The van der Waals surface area contributed by atoms with Gasteiger partial charge in [0, 0.05) is 23.5 Å². The molecule has 0 bridgehead atoms. The summed E-state index contributed by atoms with van der Waals surface area (Å²) in [5.41, 5.74) is 9.46. The molecule has 1 heterocycles. The zero-order valence-electron chi connectivity index (χ0n) is 10.4. The lowest BCUT2D eigenvalue weighted by Gasteiger charge is -2.20. The maximum Gasteiger partial charge on any atom is 0.143 e. The standard InChI is InChI=1S/C14H17ClN2O/c1-18-11-6-5-10(15)12-9-4-2-3-8(7-16)13(9)17-14(11)12/h5-6,8,17H,2-4,7,16H2,1H3. The van der Waals surface area contributed by atoms with E-state index in [1.54, 1.807) is 7.11 Å². The third-order valence-corrected chi connectivity index (χ3v) is 4.21. The van der Waals surface area contributed by atoms with Gasteiger partial charge in [0.1, 0.15) is 5.75 Å². The van der Waals surface area contributed by atoms with Crippen LogP contribution in [0.15, 0.2) is 12.1 Å². The molecule has 1 atom stereocenters. The number of halogens is 1. The van der Waals surface area contributed by atoms with Gasteiger partial charge in [-0.15, -0.1) is 0 Å². The van der Waals surface area contributed by atoms with Crippen molar-refractivity contribution in [3.63, 3.8) is 0 Å². The molecule has 0 amide bonds. The van der Waals surface area contributed by atoms with Gasteiger partial charge in [-0.05, 0) is 37.0 Å². The summed E-state index contributed by atoms with van der Waals surface area (Å²) in [6.45, 7) is 0.680. The number of ether oxygens (including phenoxy) is 1. The van der Waals surface area contributed by atoms with Crippen LogP contribution in [0.2, 0.25) is 5.02 Å². The Labute approximate surface area is 111 Å². The van der Waals surface area contributed by atoms with Gasteiger partial charge in [0.05, 0.1) is 17.6 Å². The first-order valence-corrected chi connectivity index (χ1v) is 6.71. The second-order valence-electron chi connectivity index (χ2n) is 4.84. The molecule has 4 heteroatoms. The van der Waals surface area contributed by atoms with E-state index in [-0.39, 0.29) is 0 Å². The number of aromatic nitrogens is 1. The molecule has 3 rings (SSSR count). The highest BCUT2D eigenvalue weighted by Crippen LogP contribution is 2.41. The lowest BCUT2D eigenvalue weighted by atomic mass is 9.87. The molecule has 0 aliphatic heterocycles. The van der Waals surface area contributed by atoms with E-state index in [0.29, 0.717) is 12.5 Å². The molecule has 1 unspecified atom stereocenters. The number of aryl methyl sites for hydroxylation is 1. The van der Waals surface area contributed by atoms with Gasteiger partial charge in [-0.25, -0.2) is 0 Å². The first kappa shape index (κ1) is 11.9. The number of benzene rings is 1. The second kappa shape index (κ2) is 4.48. The van der Waals surface area contributed by atoms with Crippen LogP contribution < -0.4 is 10.5 Å². The van der Waals surface area contributed by atoms with Crippen molar-refractivity contribution < 1.29 is 4.74 Å². The molecule has 2 aromatic rings. The average molecular weight is 265 g/mol. The van der Waals surface area contributed by atoms with Gasteiger partial charge in [0.15, 0.2) is 0 Å². The van der Waals surface area contributed by atoms with Gasteiger partial charge in [0.25, 0.3) is 0 Å². The van der Waals surface area contributed by atoms with Gasteiger partial charge in [-0.1, -0.05) is 11.6 Å². The molecule has 1 aromatic carbocycles. The van der Waals surface area contributed by atoms with E-state index in [4.69, 9.17) is 22.1 Å². The smallest absolute Gasteiger partial charge is 0.143 e. The van der Waals surface area contributed by atoms with Gasteiger partial charge in [-0.3, -0.25) is 0 Å². The summed E-state index contributed by atoms with van der Waals surface area (Å²) < 4.78 is 5.41. The lowest BCUT2D eigenvalue weighted by Crippen LogP contribution is -2.17. The van der Waals surface area contributed by atoms with Gasteiger partial charge < -0.3 is 15.5 Å². The number of hydrogen-bond donors (Lipinski definition) is 2. The fraction of sp³-hybridized carbons (Fsp3) is 0.429. The number of aromatic amines is 1. The van der Waals surface area contributed by atoms with E-state index in [2.05, 4.69) is 4.98 Å². The van der Waals surface area contributed by atoms with Crippen molar-refractivity contribution in [1.82, 2.24) is 4.98 Å². The Balaban J connectivity index is 2.31. The largest absolute Gasteiger partial charge is 0.495 e. The van der Waals surface area contributed by atoms with Crippen LogP contribution in [0.25, 0.3) is 10.9 Å². The fourth-order valence-corrected chi connectivity index (χ4v) is 3.28. The van der Waals surface area contributed by atoms with E-state index in [1.807, 2.05) is 12.1 Å². The summed E-state index contributed by atoms with van der Waals surface area (Å²) in [5, 5.41) is 1.91. The first-order valence-electron chi connectivity index (χ1n) is 6.33. The molecule has 1 aliphatic rings. The zero-order valence-corrected chi connectivity index (χ0v) is 11.2. The Kier molecular flexibility index (Phi) is 2.96. The number of H-pyrrole nitrogens is 1. The second-order valence-corrected chi connectivity index (χ2v) is 5.25. The SMILES string of the molecule is COc1ccc(Cl)c2c3c([nH]c12)C(CN)CCC3. The lowest BCUT2D eigenvalue weighted by molar-refractivity contribution is 0.419. The van der Waals surface area contributed by atoms with Gasteiger partial charge in [-0.2, -0.15) is 0 Å². The van der Waals surface area contributed by atoms with Gasteiger partial charge >= 0.3 is 0 Å². The van der Waals surface area contributed by atoms with Gasteiger partial charge in [0.2, 0.25) is 0 Å². The van der Waals surface area contributed by atoms with E-state index < -0.39 is 0 Å². The minimum atomic E-state index is 0.418. The Morgan fingerprint density at radius 2 is 2.33 bits per heavy atom. The summed E-state index contributed by atoms with van der Waals surface area (Å²) >= 11 is 6.35. The van der Waals surface area contributed by atoms with Crippen LogP contribution in [0.3, 0.4) is 0 Å². The average Bonchev–Trinajstić information content (AvgIpc) is 2.79. The van der Waals surface area contributed by atoms with Crippen LogP contribution in [0.4, 0.5) is 0 Å². The van der Waals surface area contributed by atoms with Crippen molar-refractivity contribution in [1.29, 1.82) is 0 Å². The van der Waals surface area contributed by atoms with E-state index >= 15 is 0 Å². The Morgan fingerprint density at radius 3 is 3.06 bits per heavy atom. The molecule has 3 N–H and O–H groups in total. The molecule has 18 heavy (non-hydrogen) atoms. The van der Waals surface area contributed by atoms with Crippen molar-refractivity contribution in [2.45, 2.75) is 25.2 Å². The van der Waals surface area contributed by atoms with Crippen molar-refractivity contribution in [3.05, 3.63) is 28.4 Å². The van der Waals surface area contributed by atoms with Crippen LogP contribution in [0.1, 0.15) is 30.0 Å². The monoisotopic (exact) mass is 264 g/mol. The number of methoxy groups -OCH3 is 1. The van der Waals surface area contributed by atoms with Crippen LogP contribution >= 0.6 is 11.6 Å². The maximum absolute atomic E-state index is 6.35. The topological polar surface area (TPSA) is 51.0 Å². The molecule has 1 aliphatic carbocycles. The third kappa shape index (κ3) is 1.62. The number of hydrogen-bond acceptors (Lipinski definition) is 2. The molecule has 0 spiro atoms. The van der Waals surface area contributed by atoms with E-state index in [1.165, 1.54) is 17.7 Å². The van der Waals surface area contributed by atoms with Crippen LogP contribution in [0, 0.1) is 0 Å². The van der Waals surface area contributed by atoms with Crippen molar-refractivity contribution in [3.8, 4) is 5.75 Å². The van der Waals surface area contributed by atoms with Crippen molar-refractivity contribution >= 4 is 22.5 Å². The fourth-order valence-electron chi connectivity index (χ4n) is 3.01. The molecular weight excluding hydrogens is 248 g/mol. The molecule has 0 radical (unpaired) electrons. The minimum Gasteiger partial charge on any atom is -0.495 e. The Morgan fingerprint density at radius 1 is 1.50 bits per heavy atom. The maximum atomic E-state index is 6.35. The first-order chi connectivity index (χ1) is 8.76. The third-order valence-electron chi connectivity index (χ3n) is 3.89. The van der Waals surface area contributed by atoms with Crippen LogP contribution in [-0.2, 0) is 6.42 Å². The predicted octanol–water partition coefficient (Wildman–Crippen LogP) is 3.21. The summed E-state index contributed by atoms with van der Waals surface area (Å²) in [6, 6.07) is 3.81. The summed E-state index contributed by atoms with van der Waals surface area (Å²) in [6.07, 6.45) is 3.39. The predicted molar refractivity (Wildman–Crippen MR) is 74.6 cm³/mol. The van der Waals surface area contributed by atoms with E-state index in [0.717, 1.165) is 34.5 Å². The minimum absolute atomic E-state index is 0.418. The van der Waals surface area contributed by atoms with Crippen LogP contribution in [0.5, 0.6) is 5.75 Å². The summed E-state index contributed by atoms with van der Waals surface area (Å²) in [4.78, 5) is 3.49. The Bertz CT molecular complexity index is 591. The zero-order chi connectivity index (χ0) is 12.7. The molecular formula is C14H17ClN2O. The molecule has 96 valence electrons. The molecule has 3 nitrogen and oxygen atoms in total. The molecule has 1 aromatic heterocycles. The Hall–Kier alpha value is -1.19. The number of fused-ring (bicyclic) bond motifs is 3.